The van der Waals surface area contributed by atoms with Gasteiger partial charge in [0.15, 0.2) is 5.82 Å². The Kier molecular flexibility index (Phi) is 7.38. The lowest BCUT2D eigenvalue weighted by Crippen LogP contribution is -2.32. The van der Waals surface area contributed by atoms with Crippen LogP contribution in [0, 0.1) is 5.92 Å². The van der Waals surface area contributed by atoms with Crippen LogP contribution in [-0.4, -0.2) is 9.97 Å². The minimum atomic E-state index is -0.312. The molecule has 2 nitrogen and oxygen atoms in total. The first-order chi connectivity index (χ1) is 30.3. The Balaban J connectivity index is 0.992. The average Bonchev–Trinajstić information content (AvgIpc) is 3.81. The van der Waals surface area contributed by atoms with E-state index in [0.29, 0.717) is 0 Å². The quantitative estimate of drug-likeness (QED) is 0.166. The van der Waals surface area contributed by atoms with Crippen LogP contribution in [0.15, 0.2) is 218 Å². The van der Waals surface area contributed by atoms with E-state index in [-0.39, 0.29) is 17.3 Å². The fourth-order valence-corrected chi connectivity index (χ4v) is 11.4. The summed E-state index contributed by atoms with van der Waals surface area (Å²) in [6.07, 6.45) is 9.33. The van der Waals surface area contributed by atoms with Crippen LogP contribution < -0.4 is 0 Å². The lowest BCUT2D eigenvalue weighted by molar-refractivity contribution is 0.465. The highest BCUT2D eigenvalue weighted by Gasteiger charge is 2.57. The third kappa shape index (κ3) is 4.79. The van der Waals surface area contributed by atoms with Crippen molar-refractivity contribution in [1.82, 2.24) is 9.97 Å². The summed E-state index contributed by atoms with van der Waals surface area (Å²) in [7, 11) is 0. The van der Waals surface area contributed by atoms with Crippen molar-refractivity contribution in [3.63, 3.8) is 0 Å². The summed E-state index contributed by atoms with van der Waals surface area (Å²) in [6, 6.07) is 71.0. The molecule has 13 rings (SSSR count). The number of fused-ring (bicyclic) bond motifs is 13. The first kappa shape index (κ1) is 34.2. The van der Waals surface area contributed by atoms with Gasteiger partial charge < -0.3 is 0 Å². The molecular formula is C59H38N2. The van der Waals surface area contributed by atoms with E-state index < -0.39 is 0 Å². The number of rotatable bonds is 4. The minimum Gasteiger partial charge on any atom is -0.228 e. The summed E-state index contributed by atoms with van der Waals surface area (Å²) in [5.41, 5.74) is 16.8. The fourth-order valence-electron chi connectivity index (χ4n) is 11.4. The number of nitrogens with zero attached hydrogens (tertiary/aromatic N) is 2. The molecule has 3 aliphatic rings. The Morgan fingerprint density at radius 2 is 0.852 bits per heavy atom. The van der Waals surface area contributed by atoms with Crippen molar-refractivity contribution in [3.8, 4) is 56.0 Å². The van der Waals surface area contributed by atoms with Crippen LogP contribution in [0.25, 0.3) is 88.5 Å². The van der Waals surface area contributed by atoms with Crippen LogP contribution in [-0.2, 0) is 5.41 Å². The molecule has 0 saturated heterocycles. The second-order valence-corrected chi connectivity index (χ2v) is 16.7. The van der Waals surface area contributed by atoms with Gasteiger partial charge in [0.1, 0.15) is 0 Å². The lowest BCUT2D eigenvalue weighted by Gasteiger charge is -2.36. The molecule has 1 heterocycles. The van der Waals surface area contributed by atoms with E-state index in [4.69, 9.17) is 9.97 Å². The van der Waals surface area contributed by atoms with E-state index in [0.717, 1.165) is 33.5 Å². The van der Waals surface area contributed by atoms with E-state index in [1.807, 2.05) is 0 Å². The summed E-state index contributed by atoms with van der Waals surface area (Å²) >= 11 is 0. The highest BCUT2D eigenvalue weighted by molar-refractivity contribution is 6.21. The molecule has 10 aromatic rings. The summed E-state index contributed by atoms with van der Waals surface area (Å²) in [5, 5.41) is 6.05. The molecule has 2 heteroatoms. The molecule has 61 heavy (non-hydrogen) atoms. The highest BCUT2D eigenvalue weighted by atomic mass is 14.9. The van der Waals surface area contributed by atoms with Crippen molar-refractivity contribution >= 4 is 32.4 Å². The van der Waals surface area contributed by atoms with Gasteiger partial charge in [-0.05, 0) is 83.2 Å². The van der Waals surface area contributed by atoms with Crippen molar-refractivity contribution in [2.45, 2.75) is 11.3 Å². The Morgan fingerprint density at radius 1 is 0.361 bits per heavy atom. The third-order valence-electron chi connectivity index (χ3n) is 13.8. The van der Waals surface area contributed by atoms with E-state index in [9.17, 15) is 0 Å². The zero-order chi connectivity index (χ0) is 40.1. The van der Waals surface area contributed by atoms with Gasteiger partial charge in [-0.2, -0.15) is 0 Å². The second-order valence-electron chi connectivity index (χ2n) is 16.7. The first-order valence-electron chi connectivity index (χ1n) is 21.3. The number of allylic oxidation sites excluding steroid dienone is 4. The number of para-hydroxylation sites is 1. The van der Waals surface area contributed by atoms with Gasteiger partial charge >= 0.3 is 0 Å². The molecule has 9 aromatic carbocycles. The zero-order valence-corrected chi connectivity index (χ0v) is 33.3. The van der Waals surface area contributed by atoms with Gasteiger partial charge in [0.2, 0.25) is 0 Å². The number of benzene rings is 9. The summed E-state index contributed by atoms with van der Waals surface area (Å²) < 4.78 is 0. The average molecular weight is 775 g/mol. The number of aromatic nitrogens is 2. The van der Waals surface area contributed by atoms with Crippen LogP contribution in [0.5, 0.6) is 0 Å². The molecular weight excluding hydrogens is 737 g/mol. The summed E-state index contributed by atoms with van der Waals surface area (Å²) in [4.78, 5) is 10.9. The van der Waals surface area contributed by atoms with Gasteiger partial charge in [-0.15, -0.1) is 0 Å². The number of hydrogen-bond acceptors (Lipinski definition) is 2. The van der Waals surface area contributed by atoms with Crippen molar-refractivity contribution in [2.75, 3.05) is 0 Å². The third-order valence-corrected chi connectivity index (χ3v) is 13.8. The SMILES string of the molecule is C1=CC2c3c(-c4nc(-c5ccc(-c6c7ccccc7c(-c7ccccc7)c7ccccc67)cc5)c5ccccc5n4)cccc3C3(c4ccccc4-c4ccccc43)C2C=C1. The molecule has 2 atom stereocenters. The molecule has 0 aliphatic heterocycles. The molecule has 2 unspecified atom stereocenters. The number of hydrogen-bond donors (Lipinski definition) is 0. The van der Waals surface area contributed by atoms with Crippen molar-refractivity contribution in [3.05, 3.63) is 241 Å². The molecule has 1 spiro atoms. The predicted octanol–water partition coefficient (Wildman–Crippen LogP) is 14.8. The van der Waals surface area contributed by atoms with E-state index >= 15 is 0 Å². The maximum Gasteiger partial charge on any atom is 0.160 e. The van der Waals surface area contributed by atoms with Crippen molar-refractivity contribution < 1.29 is 0 Å². The van der Waals surface area contributed by atoms with Gasteiger partial charge in [-0.1, -0.05) is 212 Å². The summed E-state index contributed by atoms with van der Waals surface area (Å²) in [5.74, 6) is 1.16. The van der Waals surface area contributed by atoms with Crippen molar-refractivity contribution in [2.24, 2.45) is 5.92 Å². The Labute approximate surface area is 354 Å². The maximum absolute atomic E-state index is 5.55. The van der Waals surface area contributed by atoms with E-state index in [1.165, 1.54) is 77.2 Å². The molecule has 0 saturated carbocycles. The molecule has 0 radical (unpaired) electrons. The zero-order valence-electron chi connectivity index (χ0n) is 33.3. The molecule has 3 aliphatic carbocycles. The Bertz CT molecular complexity index is 3380. The van der Waals surface area contributed by atoms with Gasteiger partial charge in [0, 0.05) is 28.3 Å². The van der Waals surface area contributed by atoms with Gasteiger partial charge in [-0.25, -0.2) is 9.97 Å². The van der Waals surface area contributed by atoms with Gasteiger partial charge in [0.05, 0.1) is 16.6 Å². The second kappa shape index (κ2) is 13.2. The van der Waals surface area contributed by atoms with Crippen LogP contribution in [0.2, 0.25) is 0 Å². The topological polar surface area (TPSA) is 25.8 Å². The smallest absolute Gasteiger partial charge is 0.160 e. The lowest BCUT2D eigenvalue weighted by atomic mass is 9.65. The van der Waals surface area contributed by atoms with Crippen LogP contribution in [0.4, 0.5) is 0 Å². The Morgan fingerprint density at radius 3 is 1.51 bits per heavy atom. The molecule has 0 fully saturated rings. The minimum absolute atomic E-state index is 0.172. The molecule has 0 N–H and O–H groups in total. The first-order valence-corrected chi connectivity index (χ1v) is 21.3. The van der Waals surface area contributed by atoms with Gasteiger partial charge in [0.25, 0.3) is 0 Å². The Hall–Kier alpha value is -7.68. The van der Waals surface area contributed by atoms with E-state index in [2.05, 4.69) is 218 Å². The summed E-state index contributed by atoms with van der Waals surface area (Å²) in [6.45, 7) is 0. The van der Waals surface area contributed by atoms with E-state index in [1.54, 1.807) is 0 Å². The molecule has 1 aromatic heterocycles. The van der Waals surface area contributed by atoms with Crippen LogP contribution in [0.1, 0.15) is 28.2 Å². The predicted molar refractivity (Wildman–Crippen MR) is 253 cm³/mol. The standard InChI is InChI=1S/C59H38N2/c1-2-17-37(18-3-1)54-42-21-4-6-23-44(42)55(45-24-7-5-22-43(45)54)38-33-35-39(36-34-38)57-47-26-11-15-32-53(47)60-58(61-57)48-27-16-31-52-56(48)46-25-10-14-30-51(46)59(52)49-28-12-8-19-40(49)41-20-9-13-29-50(41)59/h1-36,46,51H. The molecule has 284 valence electrons. The monoisotopic (exact) mass is 774 g/mol. The van der Waals surface area contributed by atoms with Crippen molar-refractivity contribution in [1.29, 1.82) is 0 Å². The highest BCUT2D eigenvalue weighted by Crippen LogP contribution is 2.66. The van der Waals surface area contributed by atoms with Crippen LogP contribution >= 0.6 is 0 Å². The molecule has 0 bridgehead atoms. The normalized spacial score (nSPS) is 16.5. The largest absolute Gasteiger partial charge is 0.228 e. The van der Waals surface area contributed by atoms with Crippen LogP contribution in [0.3, 0.4) is 0 Å². The van der Waals surface area contributed by atoms with Gasteiger partial charge in [-0.3, -0.25) is 0 Å². The fraction of sp³-hybridized carbons (Fsp3) is 0.0508. The maximum atomic E-state index is 5.55. The molecule has 0 amide bonds.